The van der Waals surface area contributed by atoms with E-state index < -0.39 is 6.10 Å². The number of benzene rings is 1. The first-order chi connectivity index (χ1) is 10.3. The third-order valence-corrected chi connectivity index (χ3v) is 3.80. The Labute approximate surface area is 131 Å². The molecule has 0 spiro atoms. The molecule has 22 heavy (non-hydrogen) atoms. The maximum atomic E-state index is 12.1. The van der Waals surface area contributed by atoms with Crippen LogP contribution in [0, 0.1) is 11.3 Å². The summed E-state index contributed by atoms with van der Waals surface area (Å²) in [4.78, 5) is 23.9. The third-order valence-electron chi connectivity index (χ3n) is 3.80. The quantitative estimate of drug-likeness (QED) is 0.780. The van der Waals surface area contributed by atoms with Gasteiger partial charge >= 0.3 is 0 Å². The van der Waals surface area contributed by atoms with E-state index in [0.717, 1.165) is 12.8 Å². The highest BCUT2D eigenvalue weighted by atomic mass is 16.3. The Hall–Kier alpha value is -1.88. The van der Waals surface area contributed by atoms with Crippen LogP contribution < -0.4 is 10.6 Å². The number of rotatable bonds is 5. The second-order valence-corrected chi connectivity index (χ2v) is 6.94. The lowest BCUT2D eigenvalue weighted by molar-refractivity contribution is -0.117. The zero-order chi connectivity index (χ0) is 16.3. The molecule has 0 bridgehead atoms. The lowest BCUT2D eigenvalue weighted by atomic mass is 9.89. The van der Waals surface area contributed by atoms with Crippen LogP contribution in [-0.4, -0.2) is 29.6 Å². The smallest absolute Gasteiger partial charge is 0.251 e. The van der Waals surface area contributed by atoms with E-state index in [1.165, 1.54) is 0 Å². The van der Waals surface area contributed by atoms with Crippen molar-refractivity contribution in [2.45, 2.75) is 39.7 Å². The van der Waals surface area contributed by atoms with Gasteiger partial charge in [0.1, 0.15) is 0 Å². The van der Waals surface area contributed by atoms with Gasteiger partial charge in [-0.3, -0.25) is 9.59 Å². The number of hydrogen-bond acceptors (Lipinski definition) is 3. The molecule has 1 aliphatic rings. The Bertz CT molecular complexity index is 559. The highest BCUT2D eigenvalue weighted by molar-refractivity contribution is 5.98. The predicted octanol–water partition coefficient (Wildman–Crippen LogP) is 2.17. The predicted molar refractivity (Wildman–Crippen MR) is 85.6 cm³/mol. The molecule has 0 radical (unpaired) electrons. The summed E-state index contributed by atoms with van der Waals surface area (Å²) in [6, 6.07) is 6.84. The summed E-state index contributed by atoms with van der Waals surface area (Å²) in [6.45, 7) is 5.94. The minimum absolute atomic E-state index is 0.0145. The molecule has 1 unspecified atom stereocenters. The van der Waals surface area contributed by atoms with Crippen LogP contribution in [0.15, 0.2) is 24.3 Å². The van der Waals surface area contributed by atoms with Crippen LogP contribution in [0.3, 0.4) is 0 Å². The third kappa shape index (κ3) is 4.56. The fourth-order valence-electron chi connectivity index (χ4n) is 1.93. The summed E-state index contributed by atoms with van der Waals surface area (Å²) in [5.74, 6) is -0.119. The van der Waals surface area contributed by atoms with Crippen molar-refractivity contribution < 1.29 is 14.7 Å². The lowest BCUT2D eigenvalue weighted by Crippen LogP contribution is -2.39. The van der Waals surface area contributed by atoms with E-state index in [2.05, 4.69) is 10.6 Å². The summed E-state index contributed by atoms with van der Waals surface area (Å²) in [7, 11) is 0. The minimum Gasteiger partial charge on any atom is -0.391 e. The summed E-state index contributed by atoms with van der Waals surface area (Å²) in [5, 5.41) is 15.5. The van der Waals surface area contributed by atoms with Gasteiger partial charge in [0.15, 0.2) is 0 Å². The number of aliphatic hydroxyl groups is 1. The number of carbonyl (C=O) groups is 2. The zero-order valence-electron chi connectivity index (χ0n) is 13.3. The second-order valence-electron chi connectivity index (χ2n) is 6.94. The van der Waals surface area contributed by atoms with Crippen molar-refractivity contribution in [2.75, 3.05) is 11.9 Å². The minimum atomic E-state index is -0.616. The number of nitrogens with one attached hydrogen (secondary N) is 2. The van der Waals surface area contributed by atoms with Crippen LogP contribution in [0.2, 0.25) is 0 Å². The van der Waals surface area contributed by atoms with Gasteiger partial charge in [0.2, 0.25) is 5.91 Å². The fraction of sp³-hybridized carbons (Fsp3) is 0.529. The standard InChI is InChI=1S/C17H24N2O3/c1-17(2,3)14(20)10-18-15(21)12-5-4-6-13(9-12)19-16(22)11-7-8-11/h4-6,9,11,14,20H,7-8,10H2,1-3H3,(H,18,21)(H,19,22). The first-order valence-corrected chi connectivity index (χ1v) is 7.64. The molecule has 2 rings (SSSR count). The summed E-state index contributed by atoms with van der Waals surface area (Å²) in [5.41, 5.74) is 0.809. The molecule has 1 fully saturated rings. The number of amides is 2. The van der Waals surface area contributed by atoms with E-state index in [4.69, 9.17) is 0 Å². The van der Waals surface area contributed by atoms with Crippen molar-refractivity contribution in [2.24, 2.45) is 11.3 Å². The molecule has 1 aliphatic carbocycles. The van der Waals surface area contributed by atoms with E-state index in [1.807, 2.05) is 20.8 Å². The average molecular weight is 304 g/mol. The van der Waals surface area contributed by atoms with Gasteiger partial charge in [-0.1, -0.05) is 26.8 Å². The Kier molecular flexibility index (Phi) is 4.86. The molecule has 1 aromatic rings. The molecule has 5 heteroatoms. The van der Waals surface area contributed by atoms with Crippen LogP contribution in [0.25, 0.3) is 0 Å². The molecule has 1 aromatic carbocycles. The monoisotopic (exact) mass is 304 g/mol. The normalized spacial score (nSPS) is 16.0. The molecular formula is C17H24N2O3. The molecule has 0 saturated heterocycles. The van der Waals surface area contributed by atoms with Crippen LogP contribution in [0.4, 0.5) is 5.69 Å². The van der Waals surface area contributed by atoms with Gasteiger partial charge in [-0.15, -0.1) is 0 Å². The lowest BCUT2D eigenvalue weighted by Gasteiger charge is -2.25. The van der Waals surface area contributed by atoms with E-state index in [1.54, 1.807) is 24.3 Å². The van der Waals surface area contributed by atoms with Gasteiger partial charge in [-0.05, 0) is 36.5 Å². The van der Waals surface area contributed by atoms with Crippen LogP contribution in [-0.2, 0) is 4.79 Å². The maximum absolute atomic E-state index is 12.1. The van der Waals surface area contributed by atoms with Crippen molar-refractivity contribution in [3.8, 4) is 0 Å². The summed E-state index contributed by atoms with van der Waals surface area (Å²) < 4.78 is 0. The number of aliphatic hydroxyl groups excluding tert-OH is 1. The summed E-state index contributed by atoms with van der Waals surface area (Å²) >= 11 is 0. The zero-order valence-corrected chi connectivity index (χ0v) is 13.3. The van der Waals surface area contributed by atoms with Crippen LogP contribution >= 0.6 is 0 Å². The highest BCUT2D eigenvalue weighted by Gasteiger charge is 2.29. The first kappa shape index (κ1) is 16.5. The van der Waals surface area contributed by atoms with E-state index in [9.17, 15) is 14.7 Å². The molecule has 0 aromatic heterocycles. The highest BCUT2D eigenvalue weighted by Crippen LogP contribution is 2.30. The molecule has 1 atom stereocenters. The molecule has 2 amide bonds. The molecule has 5 nitrogen and oxygen atoms in total. The SMILES string of the molecule is CC(C)(C)C(O)CNC(=O)c1cccc(NC(=O)C2CC2)c1. The molecule has 3 N–H and O–H groups in total. The maximum Gasteiger partial charge on any atom is 0.251 e. The number of hydrogen-bond donors (Lipinski definition) is 3. The van der Waals surface area contributed by atoms with Crippen molar-refractivity contribution >= 4 is 17.5 Å². The topological polar surface area (TPSA) is 78.4 Å². The fourth-order valence-corrected chi connectivity index (χ4v) is 1.93. The van der Waals surface area contributed by atoms with Gasteiger partial charge in [0.05, 0.1) is 6.10 Å². The van der Waals surface area contributed by atoms with E-state index >= 15 is 0 Å². The number of carbonyl (C=O) groups excluding carboxylic acids is 2. The average Bonchev–Trinajstić information content (AvgIpc) is 3.28. The molecule has 1 saturated carbocycles. The van der Waals surface area contributed by atoms with Gasteiger partial charge < -0.3 is 15.7 Å². The van der Waals surface area contributed by atoms with Crippen molar-refractivity contribution in [3.63, 3.8) is 0 Å². The molecule has 0 aliphatic heterocycles. The molecule has 120 valence electrons. The Morgan fingerprint density at radius 1 is 1.32 bits per heavy atom. The van der Waals surface area contributed by atoms with Gasteiger partial charge in [0, 0.05) is 23.7 Å². The summed E-state index contributed by atoms with van der Waals surface area (Å²) in [6.07, 6.45) is 1.27. The van der Waals surface area contributed by atoms with E-state index in [-0.39, 0.29) is 29.7 Å². The van der Waals surface area contributed by atoms with Crippen LogP contribution in [0.5, 0.6) is 0 Å². The molecule has 0 heterocycles. The van der Waals surface area contributed by atoms with E-state index in [0.29, 0.717) is 11.3 Å². The van der Waals surface area contributed by atoms with Crippen LogP contribution in [0.1, 0.15) is 44.0 Å². The van der Waals surface area contributed by atoms with Crippen molar-refractivity contribution in [1.82, 2.24) is 5.32 Å². The largest absolute Gasteiger partial charge is 0.391 e. The Morgan fingerprint density at radius 3 is 2.59 bits per heavy atom. The first-order valence-electron chi connectivity index (χ1n) is 7.64. The molecular weight excluding hydrogens is 280 g/mol. The number of anilines is 1. The second kappa shape index (κ2) is 6.48. The van der Waals surface area contributed by atoms with Crippen molar-refractivity contribution in [3.05, 3.63) is 29.8 Å². The Morgan fingerprint density at radius 2 is 2.00 bits per heavy atom. The Balaban J connectivity index is 1.93. The van der Waals surface area contributed by atoms with Gasteiger partial charge in [-0.25, -0.2) is 0 Å². The van der Waals surface area contributed by atoms with Gasteiger partial charge in [-0.2, -0.15) is 0 Å². The van der Waals surface area contributed by atoms with Gasteiger partial charge in [0.25, 0.3) is 5.91 Å². The van der Waals surface area contributed by atoms with Crippen molar-refractivity contribution in [1.29, 1.82) is 0 Å².